The van der Waals surface area contributed by atoms with Gasteiger partial charge in [-0.05, 0) is 24.8 Å². The number of aliphatic hydroxyl groups excluding tert-OH is 1. The van der Waals surface area contributed by atoms with Crippen LogP contribution in [0.5, 0.6) is 0 Å². The van der Waals surface area contributed by atoms with Gasteiger partial charge in [-0.3, -0.25) is 0 Å². The van der Waals surface area contributed by atoms with E-state index in [9.17, 15) is 20.1 Å². The maximum Gasteiger partial charge on any atom is 0.340 e. The first-order chi connectivity index (χ1) is 8.05. The molecule has 92 valence electrons. The van der Waals surface area contributed by atoms with Crippen molar-refractivity contribution in [2.24, 2.45) is 5.92 Å². The van der Waals surface area contributed by atoms with Crippen molar-refractivity contribution in [3.05, 3.63) is 35.9 Å². The maximum atomic E-state index is 11.4. The van der Waals surface area contributed by atoms with E-state index >= 15 is 0 Å². The molecular formula is C13H16O4. The lowest BCUT2D eigenvalue weighted by atomic mass is 9.80. The molecule has 1 saturated carbocycles. The van der Waals surface area contributed by atoms with Crippen molar-refractivity contribution in [1.29, 1.82) is 0 Å². The highest BCUT2D eigenvalue weighted by Crippen LogP contribution is 2.40. The van der Waals surface area contributed by atoms with E-state index in [1.165, 1.54) is 0 Å². The SMILES string of the molecule is O=C(O)[C@](O)(c1ccccc1)C1CCC(O)C1. The van der Waals surface area contributed by atoms with Gasteiger partial charge < -0.3 is 15.3 Å². The average Bonchev–Trinajstić information content (AvgIpc) is 2.76. The summed E-state index contributed by atoms with van der Waals surface area (Å²) < 4.78 is 0. The van der Waals surface area contributed by atoms with Crippen LogP contribution in [-0.2, 0) is 10.4 Å². The molecule has 2 rings (SSSR count). The molecule has 4 heteroatoms. The van der Waals surface area contributed by atoms with Crippen LogP contribution in [0.2, 0.25) is 0 Å². The van der Waals surface area contributed by atoms with E-state index in [0.29, 0.717) is 24.8 Å². The molecule has 2 unspecified atom stereocenters. The van der Waals surface area contributed by atoms with E-state index in [0.717, 1.165) is 0 Å². The Hall–Kier alpha value is -1.39. The quantitative estimate of drug-likeness (QED) is 0.735. The zero-order valence-corrected chi connectivity index (χ0v) is 9.41. The summed E-state index contributed by atoms with van der Waals surface area (Å²) >= 11 is 0. The van der Waals surface area contributed by atoms with Crippen molar-refractivity contribution < 1.29 is 20.1 Å². The van der Waals surface area contributed by atoms with Crippen LogP contribution in [0.15, 0.2) is 30.3 Å². The molecule has 4 nitrogen and oxygen atoms in total. The molecule has 1 aromatic rings. The molecule has 0 radical (unpaired) electrons. The van der Waals surface area contributed by atoms with Crippen LogP contribution in [0.3, 0.4) is 0 Å². The Morgan fingerprint density at radius 1 is 1.24 bits per heavy atom. The Balaban J connectivity index is 2.37. The van der Waals surface area contributed by atoms with Crippen molar-refractivity contribution in [2.75, 3.05) is 0 Å². The first-order valence-corrected chi connectivity index (χ1v) is 5.74. The molecule has 0 heterocycles. The van der Waals surface area contributed by atoms with Crippen molar-refractivity contribution >= 4 is 5.97 Å². The van der Waals surface area contributed by atoms with E-state index in [1.54, 1.807) is 30.3 Å². The molecule has 3 N–H and O–H groups in total. The van der Waals surface area contributed by atoms with Gasteiger partial charge in [0.25, 0.3) is 0 Å². The first-order valence-electron chi connectivity index (χ1n) is 5.74. The zero-order valence-electron chi connectivity index (χ0n) is 9.41. The summed E-state index contributed by atoms with van der Waals surface area (Å²) in [6.45, 7) is 0. The van der Waals surface area contributed by atoms with Crippen molar-refractivity contribution in [1.82, 2.24) is 0 Å². The third kappa shape index (κ3) is 2.06. The standard InChI is InChI=1S/C13H16O4/c14-11-7-6-10(8-11)13(17,12(15)16)9-4-2-1-3-5-9/h1-5,10-11,14,17H,6-8H2,(H,15,16)/t10?,11?,13-/m0/s1. The minimum Gasteiger partial charge on any atom is -0.479 e. The van der Waals surface area contributed by atoms with Crippen LogP contribution in [0, 0.1) is 5.92 Å². The van der Waals surface area contributed by atoms with Gasteiger partial charge in [-0.1, -0.05) is 30.3 Å². The van der Waals surface area contributed by atoms with Crippen molar-refractivity contribution in [2.45, 2.75) is 31.0 Å². The van der Waals surface area contributed by atoms with Gasteiger partial charge in [0.15, 0.2) is 5.60 Å². The number of aliphatic hydroxyl groups is 2. The summed E-state index contributed by atoms with van der Waals surface area (Å²) in [6, 6.07) is 8.40. The van der Waals surface area contributed by atoms with Gasteiger partial charge in [0.2, 0.25) is 0 Å². The van der Waals surface area contributed by atoms with Gasteiger partial charge in [-0.15, -0.1) is 0 Å². The molecule has 17 heavy (non-hydrogen) atoms. The van der Waals surface area contributed by atoms with Crippen LogP contribution in [0.25, 0.3) is 0 Å². The van der Waals surface area contributed by atoms with Crippen LogP contribution in [-0.4, -0.2) is 27.4 Å². The monoisotopic (exact) mass is 236 g/mol. The molecule has 0 saturated heterocycles. The van der Waals surface area contributed by atoms with Crippen LogP contribution in [0.4, 0.5) is 0 Å². The molecule has 1 aliphatic rings. The molecule has 1 aliphatic carbocycles. The third-order valence-corrected chi connectivity index (χ3v) is 3.54. The highest BCUT2D eigenvalue weighted by molar-refractivity contribution is 5.79. The number of benzene rings is 1. The number of hydrogen-bond donors (Lipinski definition) is 3. The second kappa shape index (κ2) is 4.47. The predicted octanol–water partition coefficient (Wildman–Crippen LogP) is 1.12. The molecule has 0 spiro atoms. The zero-order chi connectivity index (χ0) is 12.5. The van der Waals surface area contributed by atoms with Gasteiger partial charge in [-0.25, -0.2) is 4.79 Å². The Labute approximate surface area is 99.5 Å². The lowest BCUT2D eigenvalue weighted by Gasteiger charge is -2.30. The Morgan fingerprint density at radius 3 is 2.35 bits per heavy atom. The van der Waals surface area contributed by atoms with E-state index < -0.39 is 23.6 Å². The summed E-state index contributed by atoms with van der Waals surface area (Å²) in [4.78, 5) is 11.4. The first kappa shape index (κ1) is 12.1. The minimum atomic E-state index is -1.89. The van der Waals surface area contributed by atoms with E-state index in [1.807, 2.05) is 0 Å². The number of aliphatic carboxylic acids is 1. The van der Waals surface area contributed by atoms with Crippen molar-refractivity contribution in [3.8, 4) is 0 Å². The Bertz CT molecular complexity index is 403. The fraction of sp³-hybridized carbons (Fsp3) is 0.462. The highest BCUT2D eigenvalue weighted by Gasteiger charge is 2.48. The number of carboxylic acid groups (broad SMARTS) is 1. The fourth-order valence-electron chi connectivity index (χ4n) is 2.56. The molecule has 0 aromatic heterocycles. The third-order valence-electron chi connectivity index (χ3n) is 3.54. The van der Waals surface area contributed by atoms with Gasteiger partial charge in [0.1, 0.15) is 0 Å². The fourth-order valence-corrected chi connectivity index (χ4v) is 2.56. The van der Waals surface area contributed by atoms with Gasteiger partial charge >= 0.3 is 5.97 Å². The molecular weight excluding hydrogens is 220 g/mol. The van der Waals surface area contributed by atoms with Gasteiger partial charge in [0, 0.05) is 5.92 Å². The van der Waals surface area contributed by atoms with Crippen LogP contribution < -0.4 is 0 Å². The van der Waals surface area contributed by atoms with E-state index in [4.69, 9.17) is 0 Å². The van der Waals surface area contributed by atoms with Crippen molar-refractivity contribution in [3.63, 3.8) is 0 Å². The number of rotatable bonds is 3. The lowest BCUT2D eigenvalue weighted by molar-refractivity contribution is -0.166. The van der Waals surface area contributed by atoms with E-state index in [-0.39, 0.29) is 0 Å². The molecule has 1 fully saturated rings. The summed E-state index contributed by atoms with van der Waals surface area (Å²) in [5, 5.41) is 29.3. The Kier molecular flexibility index (Phi) is 3.17. The highest BCUT2D eigenvalue weighted by atomic mass is 16.4. The molecule has 0 bridgehead atoms. The Morgan fingerprint density at radius 2 is 1.88 bits per heavy atom. The second-order valence-electron chi connectivity index (χ2n) is 4.60. The largest absolute Gasteiger partial charge is 0.479 e. The molecule has 0 aliphatic heterocycles. The second-order valence-corrected chi connectivity index (χ2v) is 4.60. The molecule has 1 aromatic carbocycles. The summed E-state index contributed by atoms with van der Waals surface area (Å²) in [7, 11) is 0. The van der Waals surface area contributed by atoms with Crippen LogP contribution in [0.1, 0.15) is 24.8 Å². The molecule has 3 atom stereocenters. The average molecular weight is 236 g/mol. The summed E-state index contributed by atoms with van der Waals surface area (Å²) in [5.41, 5.74) is -1.51. The summed E-state index contributed by atoms with van der Waals surface area (Å²) in [6.07, 6.45) is 0.901. The number of hydrogen-bond acceptors (Lipinski definition) is 3. The number of carboxylic acids is 1. The maximum absolute atomic E-state index is 11.4. The minimum absolute atomic E-state index is 0.331. The smallest absolute Gasteiger partial charge is 0.340 e. The number of carbonyl (C=O) groups is 1. The van der Waals surface area contributed by atoms with E-state index in [2.05, 4.69) is 0 Å². The predicted molar refractivity (Wildman–Crippen MR) is 61.3 cm³/mol. The van der Waals surface area contributed by atoms with Gasteiger partial charge in [0.05, 0.1) is 6.10 Å². The van der Waals surface area contributed by atoms with Gasteiger partial charge in [-0.2, -0.15) is 0 Å². The normalized spacial score (nSPS) is 27.6. The van der Waals surface area contributed by atoms with Crippen LogP contribution >= 0.6 is 0 Å². The topological polar surface area (TPSA) is 77.8 Å². The lowest BCUT2D eigenvalue weighted by Crippen LogP contribution is -2.42. The summed E-state index contributed by atoms with van der Waals surface area (Å²) in [5.74, 6) is -1.68. The molecule has 0 amide bonds.